The molecule has 0 aromatic heterocycles. The van der Waals surface area contributed by atoms with E-state index in [-0.39, 0.29) is 17.3 Å². The number of ether oxygens (including phenoxy) is 1. The highest BCUT2D eigenvalue weighted by Gasteiger charge is 2.70. The molecule has 2 nitrogen and oxygen atoms in total. The first-order chi connectivity index (χ1) is 6.73. The highest BCUT2D eigenvalue weighted by molar-refractivity contribution is 5.82. The first-order valence-corrected chi connectivity index (χ1v) is 4.95. The average Bonchev–Trinajstić information content (AvgIpc) is 2.73. The summed E-state index contributed by atoms with van der Waals surface area (Å²) in [6.07, 6.45) is 0. The number of fused-ring (bicyclic) bond motifs is 1. The maximum Gasteiger partial charge on any atom is 0.310 e. The van der Waals surface area contributed by atoms with Crippen LogP contribution in [0.15, 0.2) is 30.3 Å². The number of carbonyl (C=O) groups is 1. The van der Waals surface area contributed by atoms with Gasteiger partial charge < -0.3 is 4.74 Å². The summed E-state index contributed by atoms with van der Waals surface area (Å²) in [4.78, 5) is 11.4. The quantitative estimate of drug-likeness (QED) is 0.630. The molecule has 3 atom stereocenters. The number of cyclic esters (lactones) is 1. The van der Waals surface area contributed by atoms with E-state index >= 15 is 0 Å². The van der Waals surface area contributed by atoms with Crippen molar-refractivity contribution in [3.05, 3.63) is 35.9 Å². The fourth-order valence-corrected chi connectivity index (χ4v) is 2.70. The van der Waals surface area contributed by atoms with Crippen molar-refractivity contribution in [1.29, 1.82) is 0 Å². The average molecular weight is 188 g/mol. The van der Waals surface area contributed by atoms with E-state index in [9.17, 15) is 4.79 Å². The Morgan fingerprint density at radius 1 is 1.29 bits per heavy atom. The molecule has 1 saturated carbocycles. The number of esters is 1. The summed E-state index contributed by atoms with van der Waals surface area (Å²) in [7, 11) is 0. The van der Waals surface area contributed by atoms with E-state index in [1.54, 1.807) is 0 Å². The second kappa shape index (κ2) is 2.38. The minimum atomic E-state index is -0.0126. The van der Waals surface area contributed by atoms with Gasteiger partial charge in [0.05, 0.1) is 12.5 Å². The number of benzene rings is 1. The third-order valence-electron chi connectivity index (χ3n) is 3.58. The van der Waals surface area contributed by atoms with E-state index in [0.29, 0.717) is 12.5 Å². The van der Waals surface area contributed by atoms with E-state index < -0.39 is 0 Å². The van der Waals surface area contributed by atoms with Gasteiger partial charge in [0.2, 0.25) is 0 Å². The second-order valence-corrected chi connectivity index (χ2v) is 4.48. The lowest BCUT2D eigenvalue weighted by Gasteiger charge is -2.08. The van der Waals surface area contributed by atoms with Gasteiger partial charge in [0.1, 0.15) is 0 Å². The van der Waals surface area contributed by atoms with E-state index in [1.807, 2.05) is 18.2 Å². The Balaban J connectivity index is 1.95. The summed E-state index contributed by atoms with van der Waals surface area (Å²) >= 11 is 0. The van der Waals surface area contributed by atoms with E-state index in [0.717, 1.165) is 0 Å². The summed E-state index contributed by atoms with van der Waals surface area (Å²) in [6.45, 7) is 2.73. The lowest BCUT2D eigenvalue weighted by atomic mass is 10.0. The maximum absolute atomic E-state index is 11.4. The molecule has 0 radical (unpaired) electrons. The largest absolute Gasteiger partial charge is 0.465 e. The zero-order valence-corrected chi connectivity index (χ0v) is 8.07. The molecule has 0 unspecified atom stereocenters. The second-order valence-electron chi connectivity index (χ2n) is 4.48. The number of rotatable bonds is 1. The minimum Gasteiger partial charge on any atom is -0.465 e. The van der Waals surface area contributed by atoms with Crippen LogP contribution in [-0.2, 0) is 9.53 Å². The van der Waals surface area contributed by atoms with Gasteiger partial charge in [-0.1, -0.05) is 37.3 Å². The highest BCUT2D eigenvalue weighted by atomic mass is 16.5. The van der Waals surface area contributed by atoms with Gasteiger partial charge in [0, 0.05) is 11.3 Å². The van der Waals surface area contributed by atoms with Gasteiger partial charge in [-0.25, -0.2) is 0 Å². The first-order valence-electron chi connectivity index (χ1n) is 4.95. The fourth-order valence-electron chi connectivity index (χ4n) is 2.70. The molecule has 3 rings (SSSR count). The normalized spacial score (nSPS) is 39.1. The lowest BCUT2D eigenvalue weighted by Crippen LogP contribution is -2.06. The van der Waals surface area contributed by atoms with Crippen molar-refractivity contribution in [2.24, 2.45) is 11.3 Å². The monoisotopic (exact) mass is 188 g/mol. The molecule has 1 aliphatic heterocycles. The molecular formula is C12H12O2. The van der Waals surface area contributed by atoms with Crippen LogP contribution in [0.1, 0.15) is 18.4 Å². The van der Waals surface area contributed by atoms with Crippen molar-refractivity contribution in [2.45, 2.75) is 12.8 Å². The van der Waals surface area contributed by atoms with Gasteiger partial charge >= 0.3 is 5.97 Å². The Labute approximate surface area is 82.9 Å². The van der Waals surface area contributed by atoms with E-state index in [2.05, 4.69) is 19.1 Å². The van der Waals surface area contributed by atoms with Crippen molar-refractivity contribution in [2.75, 3.05) is 6.61 Å². The Hall–Kier alpha value is -1.31. The van der Waals surface area contributed by atoms with Crippen molar-refractivity contribution < 1.29 is 9.53 Å². The van der Waals surface area contributed by atoms with Gasteiger partial charge in [-0.3, -0.25) is 4.79 Å². The molecule has 2 aliphatic rings. The molecule has 1 aromatic rings. The Morgan fingerprint density at radius 2 is 2.00 bits per heavy atom. The highest BCUT2D eigenvalue weighted by Crippen LogP contribution is 2.68. The molecule has 0 bridgehead atoms. The Morgan fingerprint density at radius 3 is 2.57 bits per heavy atom. The van der Waals surface area contributed by atoms with Crippen LogP contribution in [0.3, 0.4) is 0 Å². The van der Waals surface area contributed by atoms with Gasteiger partial charge in [-0.05, 0) is 5.56 Å². The van der Waals surface area contributed by atoms with Crippen LogP contribution < -0.4 is 0 Å². The van der Waals surface area contributed by atoms with Crippen LogP contribution in [0.4, 0.5) is 0 Å². The van der Waals surface area contributed by atoms with Crippen LogP contribution in [0.5, 0.6) is 0 Å². The Kier molecular flexibility index (Phi) is 1.37. The predicted molar refractivity (Wildman–Crippen MR) is 51.7 cm³/mol. The lowest BCUT2D eigenvalue weighted by molar-refractivity contribution is -0.141. The zero-order chi connectivity index (χ0) is 9.76. The molecule has 14 heavy (non-hydrogen) atoms. The standard InChI is InChI=1S/C12H12O2/c1-12-7-14-11(13)10(12)9(12)8-5-3-2-4-6-8/h2-6,9-10H,7H2,1H3/t9-,10+,12+/m1/s1. The van der Waals surface area contributed by atoms with E-state index in [1.165, 1.54) is 5.56 Å². The summed E-state index contributed by atoms with van der Waals surface area (Å²) < 4.78 is 5.03. The molecule has 0 amide bonds. The summed E-state index contributed by atoms with van der Waals surface area (Å²) in [6, 6.07) is 10.3. The molecule has 72 valence electrons. The molecule has 2 fully saturated rings. The topological polar surface area (TPSA) is 26.3 Å². The number of carbonyl (C=O) groups excluding carboxylic acids is 1. The van der Waals surface area contributed by atoms with Gasteiger partial charge in [-0.15, -0.1) is 0 Å². The van der Waals surface area contributed by atoms with Crippen LogP contribution >= 0.6 is 0 Å². The molecule has 0 spiro atoms. The third-order valence-corrected chi connectivity index (χ3v) is 3.58. The summed E-state index contributed by atoms with van der Waals surface area (Å²) in [5, 5.41) is 0. The summed E-state index contributed by atoms with van der Waals surface area (Å²) in [5.41, 5.74) is 1.36. The fraction of sp³-hybridized carbons (Fsp3) is 0.417. The minimum absolute atomic E-state index is 0.0126. The predicted octanol–water partition coefficient (Wildman–Crippen LogP) is 1.96. The smallest absolute Gasteiger partial charge is 0.310 e. The molecule has 1 aliphatic carbocycles. The van der Waals surface area contributed by atoms with Crippen molar-refractivity contribution in [3.63, 3.8) is 0 Å². The van der Waals surface area contributed by atoms with Gasteiger partial charge in [0.25, 0.3) is 0 Å². The van der Waals surface area contributed by atoms with E-state index in [4.69, 9.17) is 4.74 Å². The molecule has 1 aromatic carbocycles. The zero-order valence-electron chi connectivity index (χ0n) is 8.07. The van der Waals surface area contributed by atoms with Crippen LogP contribution in [0, 0.1) is 11.3 Å². The molecule has 0 N–H and O–H groups in total. The maximum atomic E-state index is 11.4. The van der Waals surface area contributed by atoms with Crippen molar-refractivity contribution >= 4 is 5.97 Å². The molecule has 1 heterocycles. The van der Waals surface area contributed by atoms with Crippen molar-refractivity contribution in [1.82, 2.24) is 0 Å². The third kappa shape index (κ3) is 0.834. The molecule has 1 saturated heterocycles. The first kappa shape index (κ1) is 8.04. The SMILES string of the molecule is C[C@@]12COC(=O)[C@@H]1[C@H]2c1ccccc1. The van der Waals surface area contributed by atoms with Crippen LogP contribution in [0.25, 0.3) is 0 Å². The van der Waals surface area contributed by atoms with Crippen LogP contribution in [0.2, 0.25) is 0 Å². The summed E-state index contributed by atoms with van der Waals surface area (Å²) in [5.74, 6) is 0.496. The van der Waals surface area contributed by atoms with Crippen LogP contribution in [-0.4, -0.2) is 12.6 Å². The van der Waals surface area contributed by atoms with Crippen molar-refractivity contribution in [3.8, 4) is 0 Å². The Bertz CT molecular complexity index is 385. The number of hydrogen-bond acceptors (Lipinski definition) is 2. The van der Waals surface area contributed by atoms with Gasteiger partial charge in [0.15, 0.2) is 0 Å². The molecule has 2 heteroatoms. The van der Waals surface area contributed by atoms with Gasteiger partial charge in [-0.2, -0.15) is 0 Å². The molecular weight excluding hydrogens is 176 g/mol. The number of hydrogen-bond donors (Lipinski definition) is 0.